The van der Waals surface area contributed by atoms with E-state index in [0.717, 1.165) is 50.3 Å². The normalized spacial score (nSPS) is 17.8. The summed E-state index contributed by atoms with van der Waals surface area (Å²) in [5.41, 5.74) is 16.4. The van der Waals surface area contributed by atoms with Gasteiger partial charge >= 0.3 is 0 Å². The SMILES string of the molecule is Nc1cncc(C2=CCOCC2)c1.Nc1cncc(C2CCOCC2)c1. The number of aromatic nitrogens is 2. The molecule has 1 fully saturated rings. The van der Waals surface area contributed by atoms with Crippen molar-refractivity contribution in [3.8, 4) is 0 Å². The molecule has 2 aliphatic rings. The average molecular weight is 354 g/mol. The number of ether oxygens (including phenoxy) is 2. The van der Waals surface area contributed by atoms with Crippen LogP contribution in [0.2, 0.25) is 0 Å². The third-order valence-corrected chi connectivity index (χ3v) is 4.57. The Kier molecular flexibility index (Phi) is 6.57. The van der Waals surface area contributed by atoms with Crippen molar-refractivity contribution >= 4 is 16.9 Å². The highest BCUT2D eigenvalue weighted by Gasteiger charge is 2.15. The van der Waals surface area contributed by atoms with Crippen molar-refractivity contribution < 1.29 is 9.47 Å². The molecule has 26 heavy (non-hydrogen) atoms. The van der Waals surface area contributed by atoms with Crippen molar-refractivity contribution in [1.82, 2.24) is 9.97 Å². The molecule has 0 saturated carbocycles. The molecule has 0 aliphatic carbocycles. The van der Waals surface area contributed by atoms with Gasteiger partial charge in [0.1, 0.15) is 0 Å². The fourth-order valence-electron chi connectivity index (χ4n) is 3.15. The molecule has 138 valence electrons. The second-order valence-electron chi connectivity index (χ2n) is 6.50. The number of hydrogen-bond donors (Lipinski definition) is 2. The van der Waals surface area contributed by atoms with E-state index < -0.39 is 0 Å². The Labute approximate surface area is 154 Å². The summed E-state index contributed by atoms with van der Waals surface area (Å²) in [6.45, 7) is 3.21. The van der Waals surface area contributed by atoms with Crippen molar-refractivity contribution in [1.29, 1.82) is 0 Å². The zero-order valence-electron chi connectivity index (χ0n) is 14.9. The van der Waals surface area contributed by atoms with Crippen molar-refractivity contribution in [3.63, 3.8) is 0 Å². The van der Waals surface area contributed by atoms with E-state index in [4.69, 9.17) is 20.9 Å². The Morgan fingerprint density at radius 3 is 2.23 bits per heavy atom. The van der Waals surface area contributed by atoms with Crippen molar-refractivity contribution in [3.05, 3.63) is 54.1 Å². The Hall–Kier alpha value is -2.44. The maximum atomic E-state index is 5.67. The minimum absolute atomic E-state index is 0.588. The second kappa shape index (κ2) is 9.31. The molecule has 0 aromatic carbocycles. The first-order valence-corrected chi connectivity index (χ1v) is 8.98. The van der Waals surface area contributed by atoms with Crippen LogP contribution in [-0.2, 0) is 9.47 Å². The van der Waals surface area contributed by atoms with Gasteiger partial charge in [-0.15, -0.1) is 0 Å². The van der Waals surface area contributed by atoms with Gasteiger partial charge in [0, 0.05) is 38.0 Å². The first kappa shape index (κ1) is 18.4. The summed E-state index contributed by atoms with van der Waals surface area (Å²) >= 11 is 0. The fourth-order valence-corrected chi connectivity index (χ4v) is 3.15. The van der Waals surface area contributed by atoms with Crippen molar-refractivity contribution in [2.75, 3.05) is 37.9 Å². The van der Waals surface area contributed by atoms with Gasteiger partial charge in [-0.2, -0.15) is 0 Å². The molecule has 0 atom stereocenters. The maximum Gasteiger partial charge on any atom is 0.0653 e. The summed E-state index contributed by atoms with van der Waals surface area (Å²) in [5.74, 6) is 0.588. The van der Waals surface area contributed by atoms with Gasteiger partial charge in [-0.3, -0.25) is 9.97 Å². The van der Waals surface area contributed by atoms with Crippen molar-refractivity contribution in [2.45, 2.75) is 25.2 Å². The lowest BCUT2D eigenvalue weighted by Gasteiger charge is -2.22. The number of nitrogen functional groups attached to an aromatic ring is 2. The summed E-state index contributed by atoms with van der Waals surface area (Å²) in [4.78, 5) is 8.15. The summed E-state index contributed by atoms with van der Waals surface area (Å²) in [5, 5.41) is 0. The lowest BCUT2D eigenvalue weighted by Crippen LogP contribution is -2.14. The molecular formula is C20H26N4O2. The van der Waals surface area contributed by atoms with Gasteiger partial charge in [0.2, 0.25) is 0 Å². The largest absolute Gasteiger partial charge is 0.397 e. The summed E-state index contributed by atoms with van der Waals surface area (Å²) in [6.07, 6.45) is 12.3. The molecular weight excluding hydrogens is 328 g/mol. The predicted octanol–water partition coefficient (Wildman–Crippen LogP) is 3.03. The maximum absolute atomic E-state index is 5.67. The van der Waals surface area contributed by atoms with Crippen LogP contribution in [0.25, 0.3) is 5.57 Å². The van der Waals surface area contributed by atoms with Gasteiger partial charge in [-0.05, 0) is 54.0 Å². The molecule has 6 heteroatoms. The minimum atomic E-state index is 0.588. The van der Waals surface area contributed by atoms with Crippen LogP contribution in [0.4, 0.5) is 11.4 Å². The molecule has 4 rings (SSSR count). The van der Waals surface area contributed by atoms with Gasteiger partial charge in [0.15, 0.2) is 0 Å². The van der Waals surface area contributed by atoms with E-state index in [2.05, 4.69) is 16.0 Å². The molecule has 0 radical (unpaired) electrons. The van der Waals surface area contributed by atoms with E-state index in [0.29, 0.717) is 18.2 Å². The monoisotopic (exact) mass is 354 g/mol. The van der Waals surface area contributed by atoms with Crippen molar-refractivity contribution in [2.24, 2.45) is 0 Å². The van der Waals surface area contributed by atoms with E-state index in [1.54, 1.807) is 12.4 Å². The minimum Gasteiger partial charge on any atom is -0.397 e. The first-order chi connectivity index (χ1) is 12.7. The molecule has 0 amide bonds. The van der Waals surface area contributed by atoms with Crippen LogP contribution in [0.15, 0.2) is 43.0 Å². The number of hydrogen-bond acceptors (Lipinski definition) is 6. The van der Waals surface area contributed by atoms with Crippen LogP contribution in [0.5, 0.6) is 0 Å². The zero-order chi connectivity index (χ0) is 18.2. The predicted molar refractivity (Wildman–Crippen MR) is 104 cm³/mol. The van der Waals surface area contributed by atoms with Gasteiger partial charge in [0.05, 0.1) is 24.6 Å². The highest BCUT2D eigenvalue weighted by molar-refractivity contribution is 5.67. The standard InChI is InChI=1S/C10H14N2O.C10H12N2O/c2*11-10-5-9(6-12-7-10)8-1-3-13-4-2-8/h5-8H,1-4,11H2;1,5-7H,2-4,11H2. The average Bonchev–Trinajstić information content (AvgIpc) is 2.70. The number of pyridine rings is 2. The highest BCUT2D eigenvalue weighted by atomic mass is 16.5. The molecule has 4 heterocycles. The topological polar surface area (TPSA) is 96.3 Å². The second-order valence-corrected chi connectivity index (χ2v) is 6.50. The molecule has 0 unspecified atom stereocenters. The van der Waals surface area contributed by atoms with Crippen LogP contribution < -0.4 is 11.5 Å². The molecule has 2 aromatic heterocycles. The molecule has 0 bridgehead atoms. The van der Waals surface area contributed by atoms with Crippen LogP contribution in [0, 0.1) is 0 Å². The van der Waals surface area contributed by atoms with Gasteiger partial charge in [-0.1, -0.05) is 6.08 Å². The third kappa shape index (κ3) is 5.28. The zero-order valence-corrected chi connectivity index (χ0v) is 14.9. The van der Waals surface area contributed by atoms with E-state index >= 15 is 0 Å². The van der Waals surface area contributed by atoms with E-state index in [1.807, 2.05) is 24.5 Å². The van der Waals surface area contributed by atoms with Gasteiger partial charge in [-0.25, -0.2) is 0 Å². The van der Waals surface area contributed by atoms with Crippen LogP contribution in [-0.4, -0.2) is 36.4 Å². The van der Waals surface area contributed by atoms with Crippen LogP contribution in [0.3, 0.4) is 0 Å². The number of anilines is 2. The van der Waals surface area contributed by atoms with Crippen LogP contribution in [0.1, 0.15) is 36.3 Å². The Bertz CT molecular complexity index is 742. The summed E-state index contributed by atoms with van der Waals surface area (Å²) in [7, 11) is 0. The number of nitrogens with two attached hydrogens (primary N) is 2. The third-order valence-electron chi connectivity index (χ3n) is 4.57. The Morgan fingerprint density at radius 1 is 0.846 bits per heavy atom. The lowest BCUT2D eigenvalue weighted by atomic mass is 9.93. The van der Waals surface area contributed by atoms with Gasteiger partial charge in [0.25, 0.3) is 0 Å². The number of rotatable bonds is 2. The quantitative estimate of drug-likeness (QED) is 0.860. The molecule has 6 nitrogen and oxygen atoms in total. The number of nitrogens with zero attached hydrogens (tertiary/aromatic N) is 2. The Balaban J connectivity index is 0.000000151. The molecule has 2 aliphatic heterocycles. The molecule has 2 aromatic rings. The lowest BCUT2D eigenvalue weighted by molar-refractivity contribution is 0.0853. The molecule has 4 N–H and O–H groups in total. The summed E-state index contributed by atoms with van der Waals surface area (Å²) in [6, 6.07) is 3.97. The van der Waals surface area contributed by atoms with Gasteiger partial charge < -0.3 is 20.9 Å². The van der Waals surface area contributed by atoms with E-state index in [1.165, 1.54) is 11.1 Å². The van der Waals surface area contributed by atoms with E-state index in [-0.39, 0.29) is 0 Å². The fraction of sp³-hybridized carbons (Fsp3) is 0.400. The first-order valence-electron chi connectivity index (χ1n) is 8.98. The smallest absolute Gasteiger partial charge is 0.0653 e. The highest BCUT2D eigenvalue weighted by Crippen LogP contribution is 2.27. The molecule has 1 saturated heterocycles. The van der Waals surface area contributed by atoms with Crippen LogP contribution >= 0.6 is 0 Å². The van der Waals surface area contributed by atoms with E-state index in [9.17, 15) is 0 Å². The Morgan fingerprint density at radius 2 is 1.58 bits per heavy atom. The summed E-state index contributed by atoms with van der Waals surface area (Å²) < 4.78 is 10.5. The molecule has 0 spiro atoms.